The molecular weight excluding hydrogens is 300 g/mol. The number of ketones is 1. The van der Waals surface area contributed by atoms with Gasteiger partial charge in [0, 0.05) is 36.5 Å². The fourth-order valence-corrected chi connectivity index (χ4v) is 3.07. The van der Waals surface area contributed by atoms with E-state index >= 15 is 0 Å². The molecule has 2 rings (SSSR count). The predicted molar refractivity (Wildman–Crippen MR) is 98.9 cm³/mol. The summed E-state index contributed by atoms with van der Waals surface area (Å²) in [5.41, 5.74) is 2.82. The van der Waals surface area contributed by atoms with Gasteiger partial charge >= 0.3 is 0 Å². The van der Waals surface area contributed by atoms with Gasteiger partial charge in [0.25, 0.3) is 0 Å². The first kappa shape index (κ1) is 18.2. The van der Waals surface area contributed by atoms with Crippen molar-refractivity contribution in [2.24, 2.45) is 11.3 Å². The zero-order valence-corrected chi connectivity index (χ0v) is 15.1. The standard InChI is InChI=1S/C20H28N2O2/c1-5-20(3,4)16-6-11-19(24)15(12-16)13-21-17-7-9-18(10-8-17)22-14(2)23/h7-10,13,16,21H,5-6,11-12H2,1-4H3,(H,22,23)/b15-13+/t16-/m1/s1. The molecule has 0 unspecified atom stereocenters. The van der Waals surface area contributed by atoms with Crippen LogP contribution in [0.15, 0.2) is 36.0 Å². The van der Waals surface area contributed by atoms with Crippen LogP contribution in [0.3, 0.4) is 0 Å². The molecule has 0 spiro atoms. The van der Waals surface area contributed by atoms with Crippen molar-refractivity contribution >= 4 is 23.1 Å². The molecule has 1 fully saturated rings. The Morgan fingerprint density at radius 3 is 2.46 bits per heavy atom. The second-order valence-corrected chi connectivity index (χ2v) is 7.28. The van der Waals surface area contributed by atoms with Gasteiger partial charge in [0.2, 0.25) is 5.91 Å². The molecule has 4 heteroatoms. The molecule has 1 saturated carbocycles. The lowest BCUT2D eigenvalue weighted by atomic mass is 9.68. The first-order valence-corrected chi connectivity index (χ1v) is 8.68. The number of rotatable bonds is 5. The Morgan fingerprint density at radius 1 is 1.25 bits per heavy atom. The highest BCUT2D eigenvalue weighted by Crippen LogP contribution is 2.41. The highest BCUT2D eigenvalue weighted by atomic mass is 16.1. The summed E-state index contributed by atoms with van der Waals surface area (Å²) in [4.78, 5) is 23.2. The van der Waals surface area contributed by atoms with Gasteiger partial charge in [-0.15, -0.1) is 0 Å². The lowest BCUT2D eigenvalue weighted by Gasteiger charge is -2.36. The van der Waals surface area contributed by atoms with Gasteiger partial charge in [-0.1, -0.05) is 27.2 Å². The van der Waals surface area contributed by atoms with Crippen LogP contribution >= 0.6 is 0 Å². The Hall–Kier alpha value is -2.10. The van der Waals surface area contributed by atoms with Crippen molar-refractivity contribution in [1.29, 1.82) is 0 Å². The summed E-state index contributed by atoms with van der Waals surface area (Å²) in [6, 6.07) is 7.47. The number of nitrogens with one attached hydrogen (secondary N) is 2. The van der Waals surface area contributed by atoms with Crippen LogP contribution in [-0.4, -0.2) is 11.7 Å². The van der Waals surface area contributed by atoms with Crippen molar-refractivity contribution in [3.05, 3.63) is 36.0 Å². The molecule has 130 valence electrons. The van der Waals surface area contributed by atoms with Crippen molar-refractivity contribution in [1.82, 2.24) is 0 Å². The summed E-state index contributed by atoms with van der Waals surface area (Å²) in [6.07, 6.45) is 5.45. The van der Waals surface area contributed by atoms with E-state index in [0.29, 0.717) is 12.3 Å². The molecule has 2 N–H and O–H groups in total. The highest BCUT2D eigenvalue weighted by Gasteiger charge is 2.33. The Labute approximate surface area is 144 Å². The van der Waals surface area contributed by atoms with Gasteiger partial charge in [-0.2, -0.15) is 0 Å². The molecular formula is C20H28N2O2. The van der Waals surface area contributed by atoms with E-state index < -0.39 is 0 Å². The van der Waals surface area contributed by atoms with E-state index in [4.69, 9.17) is 0 Å². The van der Waals surface area contributed by atoms with Crippen LogP contribution in [0.4, 0.5) is 11.4 Å². The fourth-order valence-electron chi connectivity index (χ4n) is 3.07. The average Bonchev–Trinajstić information content (AvgIpc) is 2.54. The fraction of sp³-hybridized carbons (Fsp3) is 0.500. The first-order valence-electron chi connectivity index (χ1n) is 8.68. The van der Waals surface area contributed by atoms with Crippen LogP contribution in [-0.2, 0) is 9.59 Å². The minimum atomic E-state index is -0.0878. The minimum Gasteiger partial charge on any atom is -0.361 e. The maximum atomic E-state index is 12.2. The molecule has 24 heavy (non-hydrogen) atoms. The smallest absolute Gasteiger partial charge is 0.221 e. The number of carbonyl (C=O) groups excluding carboxylic acids is 2. The summed E-state index contributed by atoms with van der Waals surface area (Å²) in [6.45, 7) is 8.28. The van der Waals surface area contributed by atoms with E-state index in [9.17, 15) is 9.59 Å². The zero-order valence-electron chi connectivity index (χ0n) is 15.1. The molecule has 1 aliphatic rings. The molecule has 0 heterocycles. The molecule has 1 atom stereocenters. The van der Waals surface area contributed by atoms with Crippen molar-refractivity contribution < 1.29 is 9.59 Å². The second-order valence-electron chi connectivity index (χ2n) is 7.28. The number of benzene rings is 1. The van der Waals surface area contributed by atoms with Crippen LogP contribution < -0.4 is 10.6 Å². The Balaban J connectivity index is 2.04. The lowest BCUT2D eigenvalue weighted by Crippen LogP contribution is -2.29. The molecule has 0 aromatic heterocycles. The molecule has 0 bridgehead atoms. The third kappa shape index (κ3) is 4.70. The van der Waals surface area contributed by atoms with Crippen LogP contribution in [0.25, 0.3) is 0 Å². The molecule has 1 aromatic carbocycles. The van der Waals surface area contributed by atoms with E-state index in [1.807, 2.05) is 30.5 Å². The van der Waals surface area contributed by atoms with E-state index in [2.05, 4.69) is 31.4 Å². The monoisotopic (exact) mass is 328 g/mol. The Morgan fingerprint density at radius 2 is 1.88 bits per heavy atom. The van der Waals surface area contributed by atoms with Gasteiger partial charge in [-0.3, -0.25) is 9.59 Å². The minimum absolute atomic E-state index is 0.0878. The number of Topliss-reactive ketones (excluding diaryl/α,β-unsaturated/α-hetero) is 1. The van der Waals surface area contributed by atoms with Crippen molar-refractivity contribution in [2.45, 2.75) is 53.4 Å². The number of carbonyl (C=O) groups is 2. The Kier molecular flexibility index (Phi) is 5.81. The van der Waals surface area contributed by atoms with Crippen LogP contribution in [0.1, 0.15) is 53.4 Å². The molecule has 4 nitrogen and oxygen atoms in total. The molecule has 1 aromatic rings. The maximum absolute atomic E-state index is 12.2. The van der Waals surface area contributed by atoms with Gasteiger partial charge in [0.05, 0.1) is 0 Å². The predicted octanol–water partition coefficient (Wildman–Crippen LogP) is 4.75. The highest BCUT2D eigenvalue weighted by molar-refractivity contribution is 5.96. The summed E-state index contributed by atoms with van der Waals surface area (Å²) < 4.78 is 0. The molecule has 1 aliphatic carbocycles. The summed E-state index contributed by atoms with van der Waals surface area (Å²) in [5.74, 6) is 0.714. The second kappa shape index (κ2) is 7.65. The van der Waals surface area contributed by atoms with Gasteiger partial charge in [0.1, 0.15) is 0 Å². The molecule has 1 amide bonds. The third-order valence-corrected chi connectivity index (χ3v) is 5.18. The van der Waals surface area contributed by atoms with Gasteiger partial charge in [0.15, 0.2) is 5.78 Å². The van der Waals surface area contributed by atoms with E-state index in [1.54, 1.807) is 0 Å². The number of hydrogen-bond acceptors (Lipinski definition) is 3. The van der Waals surface area contributed by atoms with E-state index in [1.165, 1.54) is 6.92 Å². The molecule has 0 radical (unpaired) electrons. The average molecular weight is 328 g/mol. The van der Waals surface area contributed by atoms with Gasteiger partial charge in [-0.05, 0) is 48.4 Å². The molecule has 0 saturated heterocycles. The largest absolute Gasteiger partial charge is 0.361 e. The normalized spacial score (nSPS) is 20.1. The topological polar surface area (TPSA) is 58.2 Å². The van der Waals surface area contributed by atoms with Gasteiger partial charge in [-0.25, -0.2) is 0 Å². The number of amides is 1. The maximum Gasteiger partial charge on any atom is 0.221 e. The summed E-state index contributed by atoms with van der Waals surface area (Å²) >= 11 is 0. The number of anilines is 2. The molecule has 0 aliphatic heterocycles. The number of hydrogen-bond donors (Lipinski definition) is 2. The van der Waals surface area contributed by atoms with Gasteiger partial charge < -0.3 is 10.6 Å². The first-order chi connectivity index (χ1) is 11.3. The zero-order chi connectivity index (χ0) is 17.7. The van der Waals surface area contributed by atoms with Crippen LogP contribution in [0, 0.1) is 11.3 Å². The van der Waals surface area contributed by atoms with Crippen molar-refractivity contribution in [3.63, 3.8) is 0 Å². The van der Waals surface area contributed by atoms with E-state index in [0.717, 1.165) is 36.2 Å². The SMILES string of the molecule is CCC(C)(C)[C@@H]1CCC(=O)/C(=C/Nc2ccc(NC(C)=O)cc2)C1. The third-order valence-electron chi connectivity index (χ3n) is 5.18. The van der Waals surface area contributed by atoms with E-state index in [-0.39, 0.29) is 17.1 Å². The number of allylic oxidation sites excluding steroid dienone is 1. The van der Waals surface area contributed by atoms with Crippen LogP contribution in [0.2, 0.25) is 0 Å². The summed E-state index contributed by atoms with van der Waals surface area (Å²) in [7, 11) is 0. The Bertz CT molecular complexity index is 630. The van der Waals surface area contributed by atoms with Crippen LogP contribution in [0.5, 0.6) is 0 Å². The van der Waals surface area contributed by atoms with Crippen molar-refractivity contribution in [2.75, 3.05) is 10.6 Å². The summed E-state index contributed by atoms with van der Waals surface area (Å²) in [5, 5.41) is 5.96. The lowest BCUT2D eigenvalue weighted by molar-refractivity contribution is -0.117. The van der Waals surface area contributed by atoms with Crippen molar-refractivity contribution in [3.8, 4) is 0 Å². The quantitative estimate of drug-likeness (QED) is 0.767.